The molecule has 48 heavy (non-hydrogen) atoms. The predicted octanol–water partition coefficient (Wildman–Crippen LogP) is 6.79. The standard InChI is InChI=1S/C36H34BClF3N5O2/c1-45(22-24-8-11-28(37)12-9-24)23-26-6-5-7-27(18-26)34(47)43-33-15-13-29(46-16-3-2-4-17-46)20-30(33)35(48)44-42-21-25-10-14-32(38)31(19-25)36(39,40)41/h5-15,18-21H,2-4,16-17,22-23H2,1H3,(H,43,47)(H,44,48)/b42-21+. The summed E-state index contributed by atoms with van der Waals surface area (Å²) in [5.74, 6) is -1.04. The third-order valence-corrected chi connectivity index (χ3v) is 8.30. The van der Waals surface area contributed by atoms with E-state index < -0.39 is 28.6 Å². The summed E-state index contributed by atoms with van der Waals surface area (Å²) in [4.78, 5) is 31.2. The third kappa shape index (κ3) is 9.26. The van der Waals surface area contributed by atoms with Gasteiger partial charge in [0, 0.05) is 37.4 Å². The molecular formula is C36H34BClF3N5O2. The molecule has 0 saturated carbocycles. The molecule has 0 atom stereocenters. The fourth-order valence-electron chi connectivity index (χ4n) is 5.55. The SMILES string of the molecule is [B]c1ccc(CN(C)Cc2cccc(C(=O)Nc3ccc(N4CCCCC4)cc3C(=O)N/N=C/c3ccc(Cl)c(C(F)(F)F)c3)c2)cc1. The summed E-state index contributed by atoms with van der Waals surface area (Å²) in [5, 5.41) is 6.32. The summed E-state index contributed by atoms with van der Waals surface area (Å²) in [6, 6.07) is 23.5. The maximum atomic E-state index is 13.5. The summed E-state index contributed by atoms with van der Waals surface area (Å²) in [6.07, 6.45) is -0.359. The van der Waals surface area contributed by atoms with Crippen molar-refractivity contribution in [1.82, 2.24) is 10.3 Å². The minimum Gasteiger partial charge on any atom is -0.372 e. The molecule has 1 aliphatic rings. The van der Waals surface area contributed by atoms with Crippen LogP contribution >= 0.6 is 11.6 Å². The van der Waals surface area contributed by atoms with Crippen LogP contribution in [0.5, 0.6) is 0 Å². The van der Waals surface area contributed by atoms with Crippen molar-refractivity contribution in [3.63, 3.8) is 0 Å². The number of nitrogens with one attached hydrogen (secondary N) is 2. The number of benzene rings is 4. The maximum absolute atomic E-state index is 13.5. The molecule has 0 unspecified atom stereocenters. The molecule has 1 aliphatic heterocycles. The zero-order valence-electron chi connectivity index (χ0n) is 26.4. The fraction of sp³-hybridized carbons (Fsp3) is 0.250. The Bertz CT molecular complexity index is 1790. The molecule has 4 aromatic rings. The van der Waals surface area contributed by atoms with Gasteiger partial charge < -0.3 is 10.2 Å². The third-order valence-electron chi connectivity index (χ3n) is 7.97. The van der Waals surface area contributed by atoms with Crippen LogP contribution in [0.25, 0.3) is 0 Å². The zero-order chi connectivity index (χ0) is 34.3. The molecule has 2 N–H and O–H groups in total. The number of hydrogen-bond acceptors (Lipinski definition) is 5. The van der Waals surface area contributed by atoms with Crippen LogP contribution in [0.2, 0.25) is 5.02 Å². The first-order valence-electron chi connectivity index (χ1n) is 15.5. The molecular weight excluding hydrogens is 638 g/mol. The Kier molecular flexibility index (Phi) is 11.2. The van der Waals surface area contributed by atoms with Crippen molar-refractivity contribution in [3.05, 3.63) is 123 Å². The Morgan fingerprint density at radius 3 is 2.38 bits per heavy atom. The van der Waals surface area contributed by atoms with Gasteiger partial charge in [0.05, 0.1) is 28.1 Å². The lowest BCUT2D eigenvalue weighted by Crippen LogP contribution is -2.30. The quantitative estimate of drug-likeness (QED) is 0.111. The highest BCUT2D eigenvalue weighted by Crippen LogP contribution is 2.35. The molecule has 2 amide bonds. The van der Waals surface area contributed by atoms with Gasteiger partial charge in [0.15, 0.2) is 0 Å². The second-order valence-electron chi connectivity index (χ2n) is 11.8. The largest absolute Gasteiger partial charge is 0.417 e. The summed E-state index contributed by atoms with van der Waals surface area (Å²) in [7, 11) is 7.78. The van der Waals surface area contributed by atoms with E-state index in [2.05, 4.69) is 25.6 Å². The average Bonchev–Trinajstić information content (AvgIpc) is 3.06. The Balaban J connectivity index is 1.32. The van der Waals surface area contributed by atoms with Crippen molar-refractivity contribution in [1.29, 1.82) is 0 Å². The van der Waals surface area contributed by atoms with Crippen molar-refractivity contribution in [3.8, 4) is 0 Å². The van der Waals surface area contributed by atoms with Crippen molar-refractivity contribution < 1.29 is 22.8 Å². The number of halogens is 4. The fourth-order valence-corrected chi connectivity index (χ4v) is 5.78. The molecule has 0 bridgehead atoms. The summed E-state index contributed by atoms with van der Waals surface area (Å²) in [5.41, 5.74) is 5.91. The second-order valence-corrected chi connectivity index (χ2v) is 12.2. The number of alkyl halides is 3. The first-order valence-corrected chi connectivity index (χ1v) is 15.9. The molecule has 1 heterocycles. The molecule has 246 valence electrons. The molecule has 1 saturated heterocycles. The van der Waals surface area contributed by atoms with Crippen LogP contribution < -0.4 is 21.1 Å². The highest BCUT2D eigenvalue weighted by molar-refractivity contribution is 6.32. The van der Waals surface area contributed by atoms with E-state index in [9.17, 15) is 22.8 Å². The van der Waals surface area contributed by atoms with Crippen molar-refractivity contribution in [2.24, 2.45) is 5.10 Å². The van der Waals surface area contributed by atoms with Crippen molar-refractivity contribution in [2.45, 2.75) is 38.5 Å². The number of hydrogen-bond donors (Lipinski definition) is 2. The number of nitrogens with zero attached hydrogens (tertiary/aromatic N) is 3. The van der Waals surface area contributed by atoms with E-state index in [4.69, 9.17) is 19.4 Å². The van der Waals surface area contributed by atoms with Crippen LogP contribution in [-0.4, -0.2) is 50.9 Å². The highest BCUT2D eigenvalue weighted by Gasteiger charge is 2.33. The van der Waals surface area contributed by atoms with Gasteiger partial charge in [-0.3, -0.25) is 14.5 Å². The maximum Gasteiger partial charge on any atom is 0.417 e. The predicted molar refractivity (Wildman–Crippen MR) is 185 cm³/mol. The minimum absolute atomic E-state index is 0.0987. The van der Waals surface area contributed by atoms with E-state index in [1.54, 1.807) is 18.2 Å². The molecule has 1 fully saturated rings. The summed E-state index contributed by atoms with van der Waals surface area (Å²) in [6.45, 7) is 2.97. The second kappa shape index (κ2) is 15.5. The van der Waals surface area contributed by atoms with Crippen molar-refractivity contribution in [2.75, 3.05) is 30.4 Å². The topological polar surface area (TPSA) is 77.0 Å². The lowest BCUT2D eigenvalue weighted by molar-refractivity contribution is -0.137. The average molecular weight is 672 g/mol. The van der Waals surface area contributed by atoms with Crippen LogP contribution in [0, 0.1) is 0 Å². The number of carbonyl (C=O) groups excluding carboxylic acids is 2. The lowest BCUT2D eigenvalue weighted by Gasteiger charge is -2.29. The molecule has 12 heteroatoms. The van der Waals surface area contributed by atoms with Crippen LogP contribution in [0.15, 0.2) is 90.0 Å². The molecule has 0 aromatic heterocycles. The molecule has 0 spiro atoms. The molecule has 0 aliphatic carbocycles. The van der Waals surface area contributed by atoms with E-state index in [-0.39, 0.29) is 16.8 Å². The number of piperidine rings is 1. The van der Waals surface area contributed by atoms with E-state index in [0.29, 0.717) is 24.1 Å². The number of anilines is 2. The first kappa shape index (κ1) is 34.7. The van der Waals surface area contributed by atoms with Gasteiger partial charge in [-0.2, -0.15) is 18.3 Å². The van der Waals surface area contributed by atoms with Crippen LogP contribution in [0.3, 0.4) is 0 Å². The van der Waals surface area contributed by atoms with E-state index in [0.717, 1.165) is 67.5 Å². The van der Waals surface area contributed by atoms with Gasteiger partial charge in [-0.05, 0) is 85.5 Å². The van der Waals surface area contributed by atoms with E-state index in [1.165, 1.54) is 6.07 Å². The van der Waals surface area contributed by atoms with Crippen LogP contribution in [0.4, 0.5) is 24.5 Å². The van der Waals surface area contributed by atoms with Crippen LogP contribution in [-0.2, 0) is 19.3 Å². The van der Waals surface area contributed by atoms with Gasteiger partial charge in [0.25, 0.3) is 11.8 Å². The van der Waals surface area contributed by atoms with Gasteiger partial charge in [0.2, 0.25) is 0 Å². The molecule has 7 nitrogen and oxygen atoms in total. The van der Waals surface area contributed by atoms with E-state index >= 15 is 0 Å². The Labute approximate surface area is 284 Å². The van der Waals surface area contributed by atoms with E-state index in [1.807, 2.05) is 55.6 Å². The van der Waals surface area contributed by atoms with Gasteiger partial charge in [0.1, 0.15) is 7.85 Å². The number of amides is 2. The molecule has 5 rings (SSSR count). The Hall–Kier alpha value is -4.61. The van der Waals surface area contributed by atoms with Gasteiger partial charge >= 0.3 is 6.18 Å². The Morgan fingerprint density at radius 2 is 1.65 bits per heavy atom. The first-order chi connectivity index (χ1) is 23.0. The summed E-state index contributed by atoms with van der Waals surface area (Å²) < 4.78 is 39.9. The van der Waals surface area contributed by atoms with Gasteiger partial charge in [-0.1, -0.05) is 59.5 Å². The number of hydrazone groups is 1. The monoisotopic (exact) mass is 671 g/mol. The number of rotatable bonds is 10. The number of carbonyl (C=O) groups is 2. The molecule has 4 aromatic carbocycles. The normalized spacial score (nSPS) is 13.6. The molecule has 2 radical (unpaired) electrons. The van der Waals surface area contributed by atoms with Gasteiger partial charge in [-0.25, -0.2) is 5.43 Å². The Morgan fingerprint density at radius 1 is 0.917 bits per heavy atom. The van der Waals surface area contributed by atoms with Gasteiger partial charge in [-0.15, -0.1) is 0 Å². The zero-order valence-corrected chi connectivity index (χ0v) is 27.1. The van der Waals surface area contributed by atoms with Crippen molar-refractivity contribution >= 4 is 54.3 Å². The highest BCUT2D eigenvalue weighted by atomic mass is 35.5. The summed E-state index contributed by atoms with van der Waals surface area (Å²) >= 11 is 5.71. The lowest BCUT2D eigenvalue weighted by atomic mass is 9.95. The smallest absolute Gasteiger partial charge is 0.372 e. The minimum atomic E-state index is -4.64. The van der Waals surface area contributed by atoms with Crippen LogP contribution in [0.1, 0.15) is 62.2 Å².